The number of carbonyl (C=O) groups excluding carboxylic acids is 1. The molecule has 1 aromatic rings. The molecule has 164 valence electrons. The lowest BCUT2D eigenvalue weighted by Crippen LogP contribution is -2.15. The molecule has 0 saturated heterocycles. The maximum atomic E-state index is 12.0. The number of allylic oxidation sites excluding steroid dienone is 2. The average Bonchev–Trinajstić information content (AvgIpc) is 2.72. The van der Waals surface area contributed by atoms with Crippen LogP contribution < -0.4 is 10.6 Å². The van der Waals surface area contributed by atoms with Gasteiger partial charge < -0.3 is 10.1 Å². The van der Waals surface area contributed by atoms with Gasteiger partial charge in [0.1, 0.15) is 28.8 Å². The monoisotopic (exact) mass is 445 g/mol. The van der Waals surface area contributed by atoms with Crippen LogP contribution in [-0.2, 0) is 14.9 Å². The molecule has 0 spiro atoms. The molecule has 0 aromatic heterocycles. The van der Waals surface area contributed by atoms with Crippen molar-refractivity contribution in [3.8, 4) is 18.2 Å². The molecule has 0 heterocycles. The number of carbonyl (C=O) groups is 1. The minimum absolute atomic E-state index is 0.107. The molecule has 0 atom stereocenters. The van der Waals surface area contributed by atoms with E-state index in [2.05, 4.69) is 17.6 Å². The quantitative estimate of drug-likeness (QED) is 0.257. The Bertz CT molecular complexity index is 1030. The second-order valence-electron chi connectivity index (χ2n) is 6.43. The number of hydrogen-bond donors (Lipinski definition) is 3. The molecule has 1 rings (SSSR count). The summed E-state index contributed by atoms with van der Waals surface area (Å²) in [5.41, 5.74) is -1.30. The number of ether oxygens (including phenoxy) is 1. The third-order valence-electron chi connectivity index (χ3n) is 4.08. The minimum Gasteiger partial charge on any atom is -0.449 e. The first-order valence-corrected chi connectivity index (χ1v) is 11.0. The number of nitrogens with zero attached hydrogens (tertiary/aromatic N) is 3. The Hall–Kier alpha value is -3.59. The van der Waals surface area contributed by atoms with Gasteiger partial charge in [-0.1, -0.05) is 39.0 Å². The Morgan fingerprint density at radius 1 is 1.03 bits per heavy atom. The van der Waals surface area contributed by atoms with Crippen LogP contribution in [0.5, 0.6) is 0 Å². The van der Waals surface area contributed by atoms with Gasteiger partial charge in [0.05, 0.1) is 12.3 Å². The molecule has 3 N–H and O–H groups in total. The van der Waals surface area contributed by atoms with Crippen molar-refractivity contribution in [3.05, 3.63) is 29.5 Å². The molecule has 1 aromatic carbocycles. The van der Waals surface area contributed by atoms with Crippen LogP contribution in [0.1, 0.15) is 45.4 Å². The summed E-state index contributed by atoms with van der Waals surface area (Å²) in [4.78, 5) is 11.3. The first-order chi connectivity index (χ1) is 14.8. The Morgan fingerprint density at radius 2 is 1.68 bits per heavy atom. The van der Waals surface area contributed by atoms with Crippen LogP contribution in [0.25, 0.3) is 0 Å². The zero-order valence-electron chi connectivity index (χ0n) is 17.0. The summed E-state index contributed by atoms with van der Waals surface area (Å²) in [5, 5.41) is 31.7. The second kappa shape index (κ2) is 12.9. The van der Waals surface area contributed by atoms with E-state index in [4.69, 9.17) is 20.5 Å². The van der Waals surface area contributed by atoms with Crippen LogP contribution >= 0.6 is 0 Å². The number of amides is 1. The van der Waals surface area contributed by atoms with Gasteiger partial charge >= 0.3 is 6.09 Å². The van der Waals surface area contributed by atoms with Crippen molar-refractivity contribution in [3.63, 3.8) is 0 Å². The Morgan fingerprint density at radius 3 is 2.26 bits per heavy atom. The predicted octanol–water partition coefficient (Wildman–Crippen LogP) is 4.08. The highest BCUT2D eigenvalue weighted by Gasteiger charge is 2.19. The van der Waals surface area contributed by atoms with Crippen molar-refractivity contribution in [1.82, 2.24) is 0 Å². The molecule has 0 radical (unpaired) electrons. The zero-order valence-corrected chi connectivity index (χ0v) is 17.8. The Balaban J connectivity index is 2.91. The van der Waals surface area contributed by atoms with E-state index in [1.807, 2.05) is 0 Å². The molecular weight excluding hydrogens is 422 g/mol. The first-order valence-electron chi connectivity index (χ1n) is 9.53. The van der Waals surface area contributed by atoms with E-state index in [1.165, 1.54) is 24.6 Å². The number of rotatable bonds is 11. The van der Waals surface area contributed by atoms with Crippen molar-refractivity contribution in [2.45, 2.75) is 50.3 Å². The van der Waals surface area contributed by atoms with Crippen LogP contribution in [-0.4, -0.2) is 25.7 Å². The van der Waals surface area contributed by atoms with E-state index in [0.29, 0.717) is 6.42 Å². The molecule has 11 heteroatoms. The Kier molecular flexibility index (Phi) is 10.6. The highest BCUT2D eigenvalue weighted by atomic mass is 32.2. The van der Waals surface area contributed by atoms with E-state index < -0.39 is 32.4 Å². The third kappa shape index (κ3) is 8.75. The molecule has 0 aliphatic carbocycles. The highest BCUT2D eigenvalue weighted by molar-refractivity contribution is 7.86. The molecule has 31 heavy (non-hydrogen) atoms. The minimum atomic E-state index is -4.70. The van der Waals surface area contributed by atoms with Gasteiger partial charge in [-0.15, -0.1) is 0 Å². The van der Waals surface area contributed by atoms with E-state index >= 15 is 0 Å². The summed E-state index contributed by atoms with van der Waals surface area (Å²) in [7, 11) is -4.70. The van der Waals surface area contributed by atoms with E-state index in [1.54, 1.807) is 6.07 Å². The van der Waals surface area contributed by atoms with Crippen LogP contribution in [0.4, 0.5) is 16.2 Å². The molecule has 10 nitrogen and oxygen atoms in total. The van der Waals surface area contributed by atoms with E-state index in [0.717, 1.165) is 37.8 Å². The van der Waals surface area contributed by atoms with Gasteiger partial charge in [-0.3, -0.25) is 9.87 Å². The van der Waals surface area contributed by atoms with Gasteiger partial charge in [-0.25, -0.2) is 4.79 Å². The third-order valence-corrected chi connectivity index (χ3v) is 4.99. The van der Waals surface area contributed by atoms with Crippen molar-refractivity contribution in [2.24, 2.45) is 0 Å². The van der Waals surface area contributed by atoms with E-state index in [9.17, 15) is 17.8 Å². The maximum Gasteiger partial charge on any atom is 0.411 e. The molecule has 1 amide bonds. The lowest BCUT2D eigenvalue weighted by molar-refractivity contribution is 0.159. The van der Waals surface area contributed by atoms with Crippen molar-refractivity contribution >= 4 is 27.6 Å². The highest BCUT2D eigenvalue weighted by Crippen LogP contribution is 2.27. The normalized spacial score (nSPS) is 10.2. The summed E-state index contributed by atoms with van der Waals surface area (Å²) in [6.45, 7) is 2.35. The van der Waals surface area contributed by atoms with Gasteiger partial charge in [0.15, 0.2) is 5.57 Å². The summed E-state index contributed by atoms with van der Waals surface area (Å²) in [5.74, 6) is 0. The molecular formula is C20H23N5O5S. The molecule has 0 saturated carbocycles. The van der Waals surface area contributed by atoms with Crippen molar-refractivity contribution in [2.75, 3.05) is 17.2 Å². The average molecular weight is 446 g/mol. The lowest BCUT2D eigenvalue weighted by Gasteiger charge is -2.12. The van der Waals surface area contributed by atoms with Crippen LogP contribution in [0.2, 0.25) is 0 Å². The van der Waals surface area contributed by atoms with Crippen LogP contribution in [0.3, 0.4) is 0 Å². The first kappa shape index (κ1) is 25.4. The molecule has 0 fully saturated rings. The van der Waals surface area contributed by atoms with Crippen LogP contribution in [0, 0.1) is 34.0 Å². The largest absolute Gasteiger partial charge is 0.449 e. The molecule has 0 unspecified atom stereocenters. The predicted molar refractivity (Wildman–Crippen MR) is 112 cm³/mol. The van der Waals surface area contributed by atoms with Gasteiger partial charge in [-0.05, 0) is 24.6 Å². The number of benzene rings is 1. The maximum absolute atomic E-state index is 12.0. The smallest absolute Gasteiger partial charge is 0.411 e. The summed E-state index contributed by atoms with van der Waals surface area (Å²) in [6.07, 6.45) is 5.41. The van der Waals surface area contributed by atoms with Gasteiger partial charge in [0, 0.05) is 5.69 Å². The molecule has 0 bridgehead atoms. The number of unbranched alkanes of at least 4 members (excludes halogenated alkanes) is 5. The fourth-order valence-electron chi connectivity index (χ4n) is 2.55. The molecule has 0 aliphatic rings. The topological polar surface area (TPSA) is 176 Å². The van der Waals surface area contributed by atoms with Gasteiger partial charge in [0.2, 0.25) is 0 Å². The lowest BCUT2D eigenvalue weighted by atomic mass is 10.1. The number of anilines is 2. The molecule has 0 aliphatic heterocycles. The van der Waals surface area contributed by atoms with Crippen molar-refractivity contribution < 1.29 is 22.5 Å². The number of nitriles is 3. The fraction of sp³-hybridized carbons (Fsp3) is 0.400. The summed E-state index contributed by atoms with van der Waals surface area (Å²) >= 11 is 0. The van der Waals surface area contributed by atoms with Crippen molar-refractivity contribution in [1.29, 1.82) is 15.8 Å². The SMILES string of the molecule is CCCCCCCCOC(=O)Nc1ccc(S(=O)(=O)O)c(NC(C#N)=C(C#N)C#N)c1. The van der Waals surface area contributed by atoms with E-state index in [-0.39, 0.29) is 18.0 Å². The van der Waals surface area contributed by atoms with Crippen LogP contribution in [0.15, 0.2) is 34.4 Å². The standard InChI is InChI=1S/C20H23N5O5S/c1-2-3-4-5-6-7-10-30-20(26)24-16-8-9-19(31(27,28)29)17(11-16)25-18(14-23)15(12-21)13-22/h8-9,11,25H,2-7,10H2,1H3,(H,24,26)(H,27,28,29). The summed E-state index contributed by atoms with van der Waals surface area (Å²) in [6, 6.07) is 7.92. The van der Waals surface area contributed by atoms with Gasteiger partial charge in [0.25, 0.3) is 10.1 Å². The fourth-order valence-corrected chi connectivity index (χ4v) is 3.18. The number of hydrogen-bond acceptors (Lipinski definition) is 8. The zero-order chi connectivity index (χ0) is 23.3. The Labute approximate surface area is 181 Å². The second-order valence-corrected chi connectivity index (χ2v) is 7.82. The summed E-state index contributed by atoms with van der Waals surface area (Å²) < 4.78 is 37.7. The van der Waals surface area contributed by atoms with Gasteiger partial charge in [-0.2, -0.15) is 24.2 Å². The number of nitrogens with one attached hydrogen (secondary N) is 2.